The first-order chi connectivity index (χ1) is 13.2. The summed E-state index contributed by atoms with van der Waals surface area (Å²) in [7, 11) is 0. The number of fused-ring (bicyclic) bond motifs is 3. The number of hydrogen-bond acceptors (Lipinski definition) is 3. The quantitative estimate of drug-likeness (QED) is 0.878. The van der Waals surface area contributed by atoms with Crippen LogP contribution in [-0.4, -0.2) is 47.2 Å². The first kappa shape index (κ1) is 17.5. The lowest BCUT2D eigenvalue weighted by Gasteiger charge is -2.58. The Balaban J connectivity index is 1.64. The number of anilines is 2. The zero-order valence-electron chi connectivity index (χ0n) is 15.2. The van der Waals surface area contributed by atoms with Crippen LogP contribution in [0.3, 0.4) is 0 Å². The van der Waals surface area contributed by atoms with Crippen molar-refractivity contribution >= 4 is 23.3 Å². The lowest BCUT2D eigenvalue weighted by molar-refractivity contribution is -0.119. The van der Waals surface area contributed by atoms with Crippen LogP contribution in [0.4, 0.5) is 16.2 Å². The summed E-state index contributed by atoms with van der Waals surface area (Å²) in [6.07, 6.45) is 0.408. The Morgan fingerprint density at radius 3 is 2.52 bits per heavy atom. The minimum absolute atomic E-state index is 0.0358. The van der Waals surface area contributed by atoms with Crippen LogP contribution >= 0.6 is 0 Å². The molecule has 2 aromatic rings. The van der Waals surface area contributed by atoms with E-state index in [1.165, 1.54) is 0 Å². The number of urea groups is 1. The summed E-state index contributed by atoms with van der Waals surface area (Å²) < 4.78 is 0. The number of rotatable bonds is 3. The van der Waals surface area contributed by atoms with Crippen molar-refractivity contribution in [2.24, 2.45) is 0 Å². The summed E-state index contributed by atoms with van der Waals surface area (Å²) in [5.74, 6) is 0.0744. The van der Waals surface area contributed by atoms with Gasteiger partial charge in [-0.3, -0.25) is 4.79 Å². The van der Waals surface area contributed by atoms with Crippen LogP contribution in [0.15, 0.2) is 54.6 Å². The average molecular weight is 365 g/mol. The molecule has 2 N–H and O–H groups in total. The number of aliphatic hydroxyl groups excluding tert-OH is 1. The second-order valence-corrected chi connectivity index (χ2v) is 6.96. The van der Waals surface area contributed by atoms with E-state index in [0.29, 0.717) is 18.7 Å². The smallest absolute Gasteiger partial charge is 0.322 e. The molecule has 2 aliphatic rings. The molecule has 0 aliphatic carbocycles. The third-order valence-corrected chi connectivity index (χ3v) is 5.55. The molecule has 0 aromatic heterocycles. The summed E-state index contributed by atoms with van der Waals surface area (Å²) in [5, 5.41) is 12.9. The van der Waals surface area contributed by atoms with Crippen LogP contribution in [0.2, 0.25) is 0 Å². The minimum atomic E-state index is -0.293. The summed E-state index contributed by atoms with van der Waals surface area (Å²) >= 11 is 0. The first-order valence-corrected chi connectivity index (χ1v) is 9.30. The predicted octanol–water partition coefficient (Wildman–Crippen LogP) is 2.80. The molecule has 2 heterocycles. The molecule has 6 heteroatoms. The number of benzene rings is 2. The van der Waals surface area contributed by atoms with E-state index < -0.39 is 0 Å². The lowest BCUT2D eigenvalue weighted by atomic mass is 9.72. The van der Waals surface area contributed by atoms with E-state index in [9.17, 15) is 14.7 Å². The Bertz CT molecular complexity index is 855. The summed E-state index contributed by atoms with van der Waals surface area (Å²) in [5.41, 5.74) is 2.63. The van der Waals surface area contributed by atoms with Gasteiger partial charge in [-0.15, -0.1) is 0 Å². The van der Waals surface area contributed by atoms with Gasteiger partial charge in [0.15, 0.2) is 0 Å². The normalized spacial score (nSPS) is 23.1. The van der Waals surface area contributed by atoms with Gasteiger partial charge >= 0.3 is 6.03 Å². The highest BCUT2D eigenvalue weighted by Crippen LogP contribution is 2.48. The largest absolute Gasteiger partial charge is 0.394 e. The van der Waals surface area contributed by atoms with Crippen LogP contribution in [0.25, 0.3) is 0 Å². The Morgan fingerprint density at radius 2 is 1.81 bits per heavy atom. The third kappa shape index (κ3) is 2.86. The van der Waals surface area contributed by atoms with Gasteiger partial charge in [0.2, 0.25) is 5.91 Å². The van der Waals surface area contributed by atoms with E-state index >= 15 is 0 Å². The maximum atomic E-state index is 12.9. The predicted molar refractivity (Wildman–Crippen MR) is 104 cm³/mol. The van der Waals surface area contributed by atoms with Gasteiger partial charge in [0.05, 0.1) is 18.7 Å². The number of amides is 3. The molecule has 0 radical (unpaired) electrons. The molecule has 0 spiro atoms. The Kier molecular flexibility index (Phi) is 4.58. The van der Waals surface area contributed by atoms with E-state index in [-0.39, 0.29) is 36.5 Å². The van der Waals surface area contributed by atoms with Crippen LogP contribution in [0.1, 0.15) is 24.8 Å². The summed E-state index contributed by atoms with van der Waals surface area (Å²) in [6.45, 7) is 2.18. The summed E-state index contributed by atoms with van der Waals surface area (Å²) in [4.78, 5) is 28.8. The Morgan fingerprint density at radius 1 is 1.11 bits per heavy atom. The van der Waals surface area contributed by atoms with Crippen molar-refractivity contribution in [2.45, 2.75) is 31.3 Å². The van der Waals surface area contributed by atoms with E-state index in [2.05, 4.69) is 5.32 Å². The van der Waals surface area contributed by atoms with Gasteiger partial charge < -0.3 is 20.2 Å². The highest BCUT2D eigenvalue weighted by molar-refractivity contribution is 5.96. The van der Waals surface area contributed by atoms with Crippen molar-refractivity contribution in [1.82, 2.24) is 4.90 Å². The number of hydrogen-bond donors (Lipinski definition) is 2. The molecule has 0 bridgehead atoms. The second kappa shape index (κ2) is 7.04. The van der Waals surface area contributed by atoms with Gasteiger partial charge in [-0.05, 0) is 23.8 Å². The highest BCUT2D eigenvalue weighted by atomic mass is 16.3. The zero-order valence-corrected chi connectivity index (χ0v) is 15.2. The fourth-order valence-electron chi connectivity index (χ4n) is 4.30. The maximum absolute atomic E-state index is 12.9. The van der Waals surface area contributed by atoms with E-state index in [1.807, 2.05) is 61.5 Å². The number of nitrogens with zero attached hydrogens (tertiary/aromatic N) is 2. The van der Waals surface area contributed by atoms with Crippen molar-refractivity contribution in [3.05, 3.63) is 60.2 Å². The van der Waals surface area contributed by atoms with Gasteiger partial charge in [0.25, 0.3) is 0 Å². The number of carbonyl (C=O) groups excluding carboxylic acids is 2. The number of nitrogens with one attached hydrogen (secondary N) is 1. The van der Waals surface area contributed by atoms with Crippen LogP contribution < -0.4 is 10.2 Å². The van der Waals surface area contributed by atoms with Crippen molar-refractivity contribution in [3.63, 3.8) is 0 Å². The Hall–Kier alpha value is -2.86. The Labute approximate surface area is 158 Å². The summed E-state index contributed by atoms with van der Waals surface area (Å²) in [6, 6.07) is 16.4. The van der Waals surface area contributed by atoms with Crippen LogP contribution in [0, 0.1) is 0 Å². The molecular weight excluding hydrogens is 342 g/mol. The molecule has 1 saturated heterocycles. The fourth-order valence-corrected chi connectivity index (χ4v) is 4.30. The molecule has 3 atom stereocenters. The van der Waals surface area contributed by atoms with Crippen molar-refractivity contribution in [1.29, 1.82) is 0 Å². The lowest BCUT2D eigenvalue weighted by Crippen LogP contribution is -2.71. The molecule has 27 heavy (non-hydrogen) atoms. The number of para-hydroxylation sites is 2. The molecule has 2 aromatic carbocycles. The molecule has 0 saturated carbocycles. The van der Waals surface area contributed by atoms with Gasteiger partial charge in [-0.1, -0.05) is 43.3 Å². The fraction of sp³-hybridized carbons (Fsp3) is 0.333. The molecule has 2 aliphatic heterocycles. The molecular formula is C21H23N3O3. The van der Waals surface area contributed by atoms with Gasteiger partial charge in [0, 0.05) is 30.3 Å². The molecule has 6 nitrogen and oxygen atoms in total. The van der Waals surface area contributed by atoms with Crippen LogP contribution in [-0.2, 0) is 4.79 Å². The average Bonchev–Trinajstić information content (AvgIpc) is 2.68. The monoisotopic (exact) mass is 365 g/mol. The van der Waals surface area contributed by atoms with Gasteiger partial charge in [0.1, 0.15) is 0 Å². The molecule has 1 fully saturated rings. The van der Waals surface area contributed by atoms with E-state index in [4.69, 9.17) is 0 Å². The van der Waals surface area contributed by atoms with Gasteiger partial charge in [-0.2, -0.15) is 0 Å². The van der Waals surface area contributed by atoms with Crippen LogP contribution in [0.5, 0.6) is 0 Å². The first-order valence-electron chi connectivity index (χ1n) is 9.30. The van der Waals surface area contributed by atoms with Crippen molar-refractivity contribution < 1.29 is 14.7 Å². The standard InChI is InChI=1S/C21H23N3O3/c1-2-19(26)23-12-17-20(15-10-6-7-11-16(15)23)18(13-25)24(17)21(27)22-14-8-4-3-5-9-14/h3-11,17-18,20,25H,2,12-13H2,1H3,(H,22,27)/t17-,18+,20+/m1/s1. The molecule has 4 rings (SSSR count). The van der Waals surface area contributed by atoms with Gasteiger partial charge in [-0.25, -0.2) is 4.79 Å². The highest BCUT2D eigenvalue weighted by Gasteiger charge is 2.55. The van der Waals surface area contributed by atoms with Crippen molar-refractivity contribution in [3.8, 4) is 0 Å². The van der Waals surface area contributed by atoms with E-state index in [0.717, 1.165) is 11.3 Å². The third-order valence-electron chi connectivity index (χ3n) is 5.55. The second-order valence-electron chi connectivity index (χ2n) is 6.96. The molecule has 140 valence electrons. The zero-order chi connectivity index (χ0) is 19.0. The number of aliphatic hydroxyl groups is 1. The van der Waals surface area contributed by atoms with Crippen molar-refractivity contribution in [2.75, 3.05) is 23.4 Å². The van der Waals surface area contributed by atoms with E-state index in [1.54, 1.807) is 9.80 Å². The molecule has 0 unspecified atom stereocenters. The number of carbonyl (C=O) groups is 2. The SMILES string of the molecule is CCC(=O)N1C[C@@H]2[C@H](c3ccccc31)[C@H](CO)N2C(=O)Nc1ccccc1. The number of likely N-dealkylation sites (tertiary alicyclic amines) is 1. The minimum Gasteiger partial charge on any atom is -0.394 e. The maximum Gasteiger partial charge on any atom is 0.322 e. The molecule has 3 amide bonds. The topological polar surface area (TPSA) is 72.9 Å².